The maximum Gasteiger partial charge on any atom is 0.354 e. The van der Waals surface area contributed by atoms with Crippen molar-refractivity contribution in [2.45, 2.75) is 0 Å². The molecule has 1 N–H and O–H groups in total. The van der Waals surface area contributed by atoms with E-state index < -0.39 is 5.97 Å². The normalized spacial score (nSPS) is 10.5. The molecule has 0 fully saturated rings. The van der Waals surface area contributed by atoms with E-state index >= 15 is 0 Å². The van der Waals surface area contributed by atoms with E-state index in [1.54, 1.807) is 29.8 Å². The van der Waals surface area contributed by atoms with Crippen molar-refractivity contribution < 1.29 is 14.6 Å². The zero-order valence-electron chi connectivity index (χ0n) is 8.52. The largest absolute Gasteiger partial charge is 0.506 e. The molecular formula is C11H11NO3. The van der Waals surface area contributed by atoms with Crippen LogP contribution in [0, 0.1) is 0 Å². The molecule has 2 aromatic rings. The minimum atomic E-state index is -0.409. The van der Waals surface area contributed by atoms with E-state index in [0.717, 1.165) is 5.39 Å². The Morgan fingerprint density at radius 3 is 2.80 bits per heavy atom. The molecule has 0 bridgehead atoms. The van der Waals surface area contributed by atoms with E-state index in [-0.39, 0.29) is 5.75 Å². The van der Waals surface area contributed by atoms with Crippen molar-refractivity contribution in [3.63, 3.8) is 0 Å². The lowest BCUT2D eigenvalue weighted by Crippen LogP contribution is -2.06. The zero-order chi connectivity index (χ0) is 11.0. The molecule has 1 aromatic heterocycles. The third-order valence-corrected chi connectivity index (χ3v) is 2.43. The lowest BCUT2D eigenvalue weighted by Gasteiger charge is -2.02. The average molecular weight is 205 g/mol. The van der Waals surface area contributed by atoms with Gasteiger partial charge in [-0.1, -0.05) is 12.1 Å². The Morgan fingerprint density at radius 2 is 2.20 bits per heavy atom. The molecule has 0 aliphatic heterocycles. The molecule has 2 rings (SSSR count). The quantitative estimate of drug-likeness (QED) is 0.720. The van der Waals surface area contributed by atoms with Gasteiger partial charge in [0.2, 0.25) is 0 Å². The van der Waals surface area contributed by atoms with Crippen LogP contribution in [-0.2, 0) is 11.8 Å². The van der Waals surface area contributed by atoms with Crippen LogP contribution in [0.1, 0.15) is 10.5 Å². The van der Waals surface area contributed by atoms with Gasteiger partial charge in [0, 0.05) is 12.4 Å². The van der Waals surface area contributed by atoms with E-state index in [9.17, 15) is 9.90 Å². The molecule has 0 unspecified atom stereocenters. The molecule has 78 valence electrons. The Kier molecular flexibility index (Phi) is 2.11. The lowest BCUT2D eigenvalue weighted by atomic mass is 10.2. The second-order valence-corrected chi connectivity index (χ2v) is 3.30. The fraction of sp³-hybridized carbons (Fsp3) is 0.182. The van der Waals surface area contributed by atoms with Crippen molar-refractivity contribution in [3.05, 3.63) is 30.0 Å². The fourth-order valence-corrected chi connectivity index (χ4v) is 1.70. The van der Waals surface area contributed by atoms with Gasteiger partial charge in [-0.15, -0.1) is 0 Å². The number of carbonyl (C=O) groups excluding carboxylic acids is 1. The summed E-state index contributed by atoms with van der Waals surface area (Å²) in [6.07, 6.45) is 0. The van der Waals surface area contributed by atoms with Crippen LogP contribution in [0.3, 0.4) is 0 Å². The molecule has 0 atom stereocenters. The van der Waals surface area contributed by atoms with E-state index in [1.807, 2.05) is 6.07 Å². The minimum Gasteiger partial charge on any atom is -0.506 e. The fourth-order valence-electron chi connectivity index (χ4n) is 1.70. The molecule has 0 saturated heterocycles. The Labute approximate surface area is 86.7 Å². The standard InChI is InChI=1S/C11H11NO3/c1-12-8(11(14)15-2)6-7-4-3-5-9(13)10(7)12/h3-6,13H,1-2H3. The van der Waals surface area contributed by atoms with Gasteiger partial charge in [-0.2, -0.15) is 0 Å². The molecule has 0 amide bonds. The number of phenolic OH excluding ortho intramolecular Hbond substituents is 1. The van der Waals surface area contributed by atoms with Crippen LogP contribution in [0.4, 0.5) is 0 Å². The summed E-state index contributed by atoms with van der Waals surface area (Å²) in [6.45, 7) is 0. The third kappa shape index (κ3) is 1.34. The van der Waals surface area contributed by atoms with Gasteiger partial charge >= 0.3 is 5.97 Å². The molecule has 15 heavy (non-hydrogen) atoms. The number of rotatable bonds is 1. The highest BCUT2D eigenvalue weighted by atomic mass is 16.5. The van der Waals surface area contributed by atoms with Crippen LogP contribution in [-0.4, -0.2) is 22.8 Å². The Morgan fingerprint density at radius 1 is 1.47 bits per heavy atom. The van der Waals surface area contributed by atoms with Gasteiger partial charge in [0.25, 0.3) is 0 Å². The predicted octanol–water partition coefficient (Wildman–Crippen LogP) is 1.67. The van der Waals surface area contributed by atoms with Crippen LogP contribution in [0.15, 0.2) is 24.3 Å². The van der Waals surface area contributed by atoms with Gasteiger partial charge in [-0.05, 0) is 12.1 Å². The summed E-state index contributed by atoms with van der Waals surface area (Å²) in [5.41, 5.74) is 1.06. The summed E-state index contributed by atoms with van der Waals surface area (Å²) in [7, 11) is 3.05. The molecule has 0 saturated carbocycles. The molecule has 4 heteroatoms. The van der Waals surface area contributed by atoms with Crippen molar-refractivity contribution in [3.8, 4) is 5.75 Å². The molecular weight excluding hydrogens is 194 g/mol. The van der Waals surface area contributed by atoms with Crippen molar-refractivity contribution in [2.75, 3.05) is 7.11 Å². The van der Waals surface area contributed by atoms with Crippen LogP contribution >= 0.6 is 0 Å². The van der Waals surface area contributed by atoms with Gasteiger partial charge in [0.1, 0.15) is 11.4 Å². The summed E-state index contributed by atoms with van der Waals surface area (Å²) < 4.78 is 6.27. The van der Waals surface area contributed by atoms with Crippen molar-refractivity contribution in [2.24, 2.45) is 7.05 Å². The summed E-state index contributed by atoms with van der Waals surface area (Å²) in [5, 5.41) is 10.5. The van der Waals surface area contributed by atoms with Gasteiger partial charge in [-0.3, -0.25) is 0 Å². The first kappa shape index (κ1) is 9.58. The topological polar surface area (TPSA) is 51.5 Å². The van der Waals surface area contributed by atoms with Crippen molar-refractivity contribution >= 4 is 16.9 Å². The number of benzene rings is 1. The first-order valence-electron chi connectivity index (χ1n) is 4.51. The first-order chi connectivity index (χ1) is 7.15. The number of hydrogen-bond acceptors (Lipinski definition) is 3. The van der Waals surface area contributed by atoms with E-state index in [2.05, 4.69) is 4.74 Å². The van der Waals surface area contributed by atoms with Crippen LogP contribution in [0.2, 0.25) is 0 Å². The highest BCUT2D eigenvalue weighted by molar-refractivity contribution is 5.97. The number of aromatic hydroxyl groups is 1. The summed E-state index contributed by atoms with van der Waals surface area (Å²) in [4.78, 5) is 11.4. The Hall–Kier alpha value is -1.97. The van der Waals surface area contributed by atoms with Gasteiger partial charge in [0.05, 0.1) is 12.6 Å². The third-order valence-electron chi connectivity index (χ3n) is 2.43. The number of para-hydroxylation sites is 1. The van der Waals surface area contributed by atoms with E-state index in [0.29, 0.717) is 11.2 Å². The number of ether oxygens (including phenoxy) is 1. The van der Waals surface area contributed by atoms with Crippen LogP contribution in [0.25, 0.3) is 10.9 Å². The van der Waals surface area contributed by atoms with E-state index in [1.165, 1.54) is 7.11 Å². The van der Waals surface area contributed by atoms with Crippen LogP contribution in [0.5, 0.6) is 5.75 Å². The minimum absolute atomic E-state index is 0.158. The number of hydrogen-bond donors (Lipinski definition) is 1. The summed E-state index contributed by atoms with van der Waals surface area (Å²) in [5.74, 6) is -0.252. The van der Waals surface area contributed by atoms with Crippen LogP contribution < -0.4 is 0 Å². The smallest absolute Gasteiger partial charge is 0.354 e. The molecule has 1 aromatic carbocycles. The Bertz CT molecular complexity index is 528. The molecule has 0 aliphatic carbocycles. The van der Waals surface area contributed by atoms with Gasteiger partial charge in [0.15, 0.2) is 0 Å². The number of phenols is 1. The van der Waals surface area contributed by atoms with E-state index in [4.69, 9.17) is 0 Å². The number of nitrogens with zero attached hydrogens (tertiary/aromatic N) is 1. The lowest BCUT2D eigenvalue weighted by molar-refractivity contribution is 0.0590. The monoisotopic (exact) mass is 205 g/mol. The maximum atomic E-state index is 11.4. The zero-order valence-corrected chi connectivity index (χ0v) is 8.52. The molecule has 0 aliphatic rings. The average Bonchev–Trinajstić information content (AvgIpc) is 2.56. The number of aromatic nitrogens is 1. The number of esters is 1. The Balaban J connectivity index is 2.75. The molecule has 0 radical (unpaired) electrons. The van der Waals surface area contributed by atoms with Crippen molar-refractivity contribution in [1.29, 1.82) is 0 Å². The second-order valence-electron chi connectivity index (χ2n) is 3.30. The van der Waals surface area contributed by atoms with Crippen molar-refractivity contribution in [1.82, 2.24) is 4.57 Å². The number of aryl methyl sites for hydroxylation is 1. The second kappa shape index (κ2) is 3.31. The number of methoxy groups -OCH3 is 1. The van der Waals surface area contributed by atoms with Gasteiger partial charge < -0.3 is 14.4 Å². The maximum absolute atomic E-state index is 11.4. The molecule has 0 spiro atoms. The summed E-state index contributed by atoms with van der Waals surface area (Å²) in [6, 6.07) is 6.85. The number of carbonyl (C=O) groups is 1. The molecule has 1 heterocycles. The SMILES string of the molecule is COC(=O)c1cc2cccc(O)c2n1C. The number of fused-ring (bicyclic) bond motifs is 1. The summed E-state index contributed by atoms with van der Waals surface area (Å²) >= 11 is 0. The highest BCUT2D eigenvalue weighted by Crippen LogP contribution is 2.27. The predicted molar refractivity (Wildman–Crippen MR) is 55.9 cm³/mol. The van der Waals surface area contributed by atoms with Gasteiger partial charge in [-0.25, -0.2) is 4.79 Å². The first-order valence-corrected chi connectivity index (χ1v) is 4.51. The molecule has 4 nitrogen and oxygen atoms in total. The highest BCUT2D eigenvalue weighted by Gasteiger charge is 2.15.